The van der Waals surface area contributed by atoms with E-state index < -0.39 is 0 Å². The molecule has 0 spiro atoms. The zero-order valence-electron chi connectivity index (χ0n) is 17.1. The van der Waals surface area contributed by atoms with Gasteiger partial charge in [-0.1, -0.05) is 48.3 Å². The molecule has 4 rings (SSSR count). The maximum atomic E-state index is 12.9. The fourth-order valence-electron chi connectivity index (χ4n) is 4.50. The second kappa shape index (κ2) is 10.0. The van der Waals surface area contributed by atoms with Gasteiger partial charge in [0, 0.05) is 19.4 Å². The lowest BCUT2D eigenvalue weighted by atomic mass is 9.98. The van der Waals surface area contributed by atoms with Gasteiger partial charge < -0.3 is 14.2 Å². The first-order valence-electron chi connectivity index (χ1n) is 11.0. The zero-order valence-corrected chi connectivity index (χ0v) is 17.1. The molecule has 2 heterocycles. The molecule has 1 aliphatic carbocycles. The fraction of sp³-hybridized carbons (Fsp3) is 0.609. The van der Waals surface area contributed by atoms with E-state index in [0.717, 1.165) is 31.4 Å². The van der Waals surface area contributed by atoms with E-state index in [9.17, 15) is 4.79 Å². The average Bonchev–Trinajstić information content (AvgIpc) is 3.44. The highest BCUT2D eigenvalue weighted by atomic mass is 16.5. The van der Waals surface area contributed by atoms with E-state index in [0.29, 0.717) is 43.7 Å². The Morgan fingerprint density at radius 3 is 2.72 bits per heavy atom. The van der Waals surface area contributed by atoms with Crippen molar-refractivity contribution >= 4 is 5.91 Å². The van der Waals surface area contributed by atoms with Crippen molar-refractivity contribution in [3.05, 3.63) is 47.6 Å². The van der Waals surface area contributed by atoms with E-state index in [-0.39, 0.29) is 11.9 Å². The molecular formula is C23H31N3O3. The smallest absolute Gasteiger partial charge is 0.249 e. The van der Waals surface area contributed by atoms with Crippen LogP contribution >= 0.6 is 0 Å². The van der Waals surface area contributed by atoms with Crippen LogP contribution in [0.2, 0.25) is 0 Å². The Morgan fingerprint density at radius 2 is 1.90 bits per heavy atom. The quantitative estimate of drug-likeness (QED) is 0.615. The molecular weight excluding hydrogens is 366 g/mol. The summed E-state index contributed by atoms with van der Waals surface area (Å²) >= 11 is 0. The van der Waals surface area contributed by atoms with Crippen molar-refractivity contribution in [1.29, 1.82) is 0 Å². The molecule has 2 aliphatic rings. The number of hydrogen-bond donors (Lipinski definition) is 0. The molecule has 29 heavy (non-hydrogen) atoms. The van der Waals surface area contributed by atoms with E-state index in [2.05, 4.69) is 10.1 Å². The number of piperidine rings is 1. The van der Waals surface area contributed by atoms with Crippen LogP contribution in [-0.4, -0.2) is 34.1 Å². The number of amides is 1. The molecule has 1 unspecified atom stereocenters. The second-order valence-corrected chi connectivity index (χ2v) is 8.29. The molecule has 0 bridgehead atoms. The average molecular weight is 398 g/mol. The third-order valence-corrected chi connectivity index (χ3v) is 6.11. The summed E-state index contributed by atoms with van der Waals surface area (Å²) in [6, 6.07) is 10.0. The van der Waals surface area contributed by atoms with Gasteiger partial charge in [0.05, 0.1) is 13.2 Å². The number of ether oxygens (including phenoxy) is 1. The van der Waals surface area contributed by atoms with Crippen molar-refractivity contribution in [2.75, 3.05) is 13.2 Å². The predicted molar refractivity (Wildman–Crippen MR) is 109 cm³/mol. The largest absolute Gasteiger partial charge is 0.376 e. The van der Waals surface area contributed by atoms with Gasteiger partial charge in [0.1, 0.15) is 6.04 Å². The lowest BCUT2D eigenvalue weighted by Gasteiger charge is -2.34. The summed E-state index contributed by atoms with van der Waals surface area (Å²) in [5, 5.41) is 4.13. The number of benzene rings is 1. The first kappa shape index (κ1) is 20.1. The minimum Gasteiger partial charge on any atom is -0.376 e. The Hall–Kier alpha value is -2.21. The molecule has 156 valence electrons. The molecule has 6 nitrogen and oxygen atoms in total. The van der Waals surface area contributed by atoms with Crippen LogP contribution in [0.5, 0.6) is 0 Å². The van der Waals surface area contributed by atoms with Gasteiger partial charge in [-0.15, -0.1) is 0 Å². The Kier molecular flexibility index (Phi) is 6.93. The molecule has 2 aromatic rings. The van der Waals surface area contributed by atoms with Crippen molar-refractivity contribution in [2.24, 2.45) is 5.92 Å². The van der Waals surface area contributed by atoms with Crippen molar-refractivity contribution in [3.63, 3.8) is 0 Å². The normalized spacial score (nSPS) is 20.3. The second-order valence-electron chi connectivity index (χ2n) is 8.29. The van der Waals surface area contributed by atoms with E-state index in [4.69, 9.17) is 9.26 Å². The molecule has 0 radical (unpaired) electrons. The predicted octanol–water partition coefficient (Wildman–Crippen LogP) is 4.46. The van der Waals surface area contributed by atoms with Gasteiger partial charge in [0.15, 0.2) is 5.82 Å². The van der Waals surface area contributed by atoms with Gasteiger partial charge in [-0.2, -0.15) is 4.98 Å². The molecule has 1 aliphatic heterocycles. The highest BCUT2D eigenvalue weighted by molar-refractivity contribution is 5.77. The van der Waals surface area contributed by atoms with E-state index in [1.165, 1.54) is 25.7 Å². The van der Waals surface area contributed by atoms with Crippen LogP contribution in [0.15, 0.2) is 34.9 Å². The lowest BCUT2D eigenvalue weighted by Crippen LogP contribution is -2.39. The number of carbonyl (C=O) groups excluding carboxylic acids is 1. The SMILES string of the molecule is O=C(CC1CCCC1)N1CCCCC1c1nc(CCOCc2ccccc2)no1. The van der Waals surface area contributed by atoms with Crippen LogP contribution in [0.3, 0.4) is 0 Å². The maximum absolute atomic E-state index is 12.9. The number of carbonyl (C=O) groups is 1. The van der Waals surface area contributed by atoms with E-state index in [1.54, 1.807) is 0 Å². The van der Waals surface area contributed by atoms with Crippen LogP contribution in [0.1, 0.15) is 74.7 Å². The molecule has 1 aromatic carbocycles. The van der Waals surface area contributed by atoms with Crippen molar-refractivity contribution in [1.82, 2.24) is 15.0 Å². The molecule has 1 saturated carbocycles. The van der Waals surface area contributed by atoms with Gasteiger partial charge in [-0.3, -0.25) is 4.79 Å². The summed E-state index contributed by atoms with van der Waals surface area (Å²) in [5.74, 6) is 2.06. The number of nitrogens with zero attached hydrogens (tertiary/aromatic N) is 3. The van der Waals surface area contributed by atoms with Crippen LogP contribution in [0.25, 0.3) is 0 Å². The summed E-state index contributed by atoms with van der Waals surface area (Å²) < 4.78 is 11.3. The van der Waals surface area contributed by atoms with Crippen LogP contribution in [-0.2, 0) is 22.6 Å². The molecule has 1 amide bonds. The van der Waals surface area contributed by atoms with Gasteiger partial charge >= 0.3 is 0 Å². The fourth-order valence-corrected chi connectivity index (χ4v) is 4.50. The summed E-state index contributed by atoms with van der Waals surface area (Å²) in [5.41, 5.74) is 1.15. The first-order chi connectivity index (χ1) is 14.3. The highest BCUT2D eigenvalue weighted by Gasteiger charge is 2.33. The number of likely N-dealkylation sites (tertiary alicyclic amines) is 1. The number of aromatic nitrogens is 2. The van der Waals surface area contributed by atoms with Gasteiger partial charge in [0.25, 0.3) is 0 Å². The van der Waals surface area contributed by atoms with Crippen molar-refractivity contribution < 1.29 is 14.1 Å². The van der Waals surface area contributed by atoms with Crippen LogP contribution < -0.4 is 0 Å². The Morgan fingerprint density at radius 1 is 1.10 bits per heavy atom. The van der Waals surface area contributed by atoms with E-state index >= 15 is 0 Å². The molecule has 1 aromatic heterocycles. The van der Waals surface area contributed by atoms with Crippen LogP contribution in [0, 0.1) is 5.92 Å². The minimum atomic E-state index is -0.0656. The molecule has 1 saturated heterocycles. The minimum absolute atomic E-state index is 0.0656. The van der Waals surface area contributed by atoms with E-state index in [1.807, 2.05) is 35.2 Å². The highest BCUT2D eigenvalue weighted by Crippen LogP contribution is 2.33. The molecule has 6 heteroatoms. The van der Waals surface area contributed by atoms with Crippen molar-refractivity contribution in [3.8, 4) is 0 Å². The third kappa shape index (κ3) is 5.44. The van der Waals surface area contributed by atoms with Gasteiger partial charge in [-0.25, -0.2) is 0 Å². The summed E-state index contributed by atoms with van der Waals surface area (Å²) in [7, 11) is 0. The standard InChI is InChI=1S/C23H31N3O3/c27-22(16-18-8-4-5-9-18)26-14-7-6-12-20(26)23-24-21(25-29-23)13-15-28-17-19-10-2-1-3-11-19/h1-3,10-11,18,20H,4-9,12-17H2. The Bertz CT molecular complexity index is 771. The monoisotopic (exact) mass is 397 g/mol. The number of hydrogen-bond acceptors (Lipinski definition) is 5. The maximum Gasteiger partial charge on any atom is 0.249 e. The summed E-state index contributed by atoms with van der Waals surface area (Å²) in [6.45, 7) is 1.93. The van der Waals surface area contributed by atoms with Crippen molar-refractivity contribution in [2.45, 2.75) is 70.4 Å². The Balaban J connectivity index is 1.29. The third-order valence-electron chi connectivity index (χ3n) is 6.11. The summed E-state index contributed by atoms with van der Waals surface area (Å²) in [4.78, 5) is 19.5. The topological polar surface area (TPSA) is 68.5 Å². The van der Waals surface area contributed by atoms with Crippen LogP contribution in [0.4, 0.5) is 0 Å². The zero-order chi connectivity index (χ0) is 19.9. The number of rotatable bonds is 8. The molecule has 1 atom stereocenters. The lowest BCUT2D eigenvalue weighted by molar-refractivity contribution is -0.136. The first-order valence-corrected chi connectivity index (χ1v) is 11.0. The summed E-state index contributed by atoms with van der Waals surface area (Å²) in [6.07, 6.45) is 9.25. The van der Waals surface area contributed by atoms with Gasteiger partial charge in [-0.05, 0) is 43.6 Å². The molecule has 2 fully saturated rings. The van der Waals surface area contributed by atoms with Gasteiger partial charge in [0.2, 0.25) is 11.8 Å². The molecule has 0 N–H and O–H groups in total. The Labute approximate surface area is 172 Å².